The Hall–Kier alpha value is -1.13. The van der Waals surface area contributed by atoms with E-state index in [1.54, 1.807) is 0 Å². The largest absolute Gasteiger partial charge is 0.356 e. The van der Waals surface area contributed by atoms with Gasteiger partial charge in [0.15, 0.2) is 0 Å². The van der Waals surface area contributed by atoms with Crippen molar-refractivity contribution >= 4 is 5.91 Å². The van der Waals surface area contributed by atoms with Gasteiger partial charge in [0.2, 0.25) is 12.5 Å². The van der Waals surface area contributed by atoms with E-state index in [2.05, 4.69) is 5.32 Å². The van der Waals surface area contributed by atoms with E-state index in [-0.39, 0.29) is 18.9 Å². The van der Waals surface area contributed by atoms with Gasteiger partial charge in [0.1, 0.15) is 0 Å². The Morgan fingerprint density at radius 2 is 2.27 bits per heavy atom. The third-order valence-electron chi connectivity index (χ3n) is 1.09. The zero-order valence-corrected chi connectivity index (χ0v) is 6.50. The zero-order valence-electron chi connectivity index (χ0n) is 6.50. The van der Waals surface area contributed by atoms with E-state index in [1.807, 2.05) is 6.92 Å². The molecule has 0 spiro atoms. The van der Waals surface area contributed by atoms with Crippen molar-refractivity contribution in [1.29, 1.82) is 0 Å². The SMILES string of the molecule is CCCNC(=O)CC[N+](=O)[O-]. The number of carbonyl (C=O) groups is 1. The number of hydrogen-bond donors (Lipinski definition) is 1. The van der Waals surface area contributed by atoms with E-state index in [4.69, 9.17) is 0 Å². The highest BCUT2D eigenvalue weighted by Crippen LogP contribution is 1.81. The summed E-state index contributed by atoms with van der Waals surface area (Å²) in [4.78, 5) is 20.0. The van der Waals surface area contributed by atoms with Crippen molar-refractivity contribution in [3.05, 3.63) is 10.1 Å². The monoisotopic (exact) mass is 160 g/mol. The van der Waals surface area contributed by atoms with Gasteiger partial charge in [-0.2, -0.15) is 0 Å². The van der Waals surface area contributed by atoms with Crippen molar-refractivity contribution in [3.63, 3.8) is 0 Å². The van der Waals surface area contributed by atoms with Crippen LogP contribution in [0.4, 0.5) is 0 Å². The van der Waals surface area contributed by atoms with Crippen LogP contribution in [0, 0.1) is 10.1 Å². The molecule has 0 aromatic rings. The Kier molecular flexibility index (Phi) is 5.06. The third-order valence-corrected chi connectivity index (χ3v) is 1.09. The summed E-state index contributed by atoms with van der Waals surface area (Å²) < 4.78 is 0. The first kappa shape index (κ1) is 9.87. The number of nitrogens with zero attached hydrogens (tertiary/aromatic N) is 1. The maximum absolute atomic E-state index is 10.7. The first-order chi connectivity index (χ1) is 5.16. The van der Waals surface area contributed by atoms with Crippen LogP contribution in [0.2, 0.25) is 0 Å². The molecule has 0 fully saturated rings. The van der Waals surface area contributed by atoms with Crippen LogP contribution in [0.1, 0.15) is 19.8 Å². The van der Waals surface area contributed by atoms with Gasteiger partial charge in [0.25, 0.3) is 0 Å². The predicted molar refractivity (Wildman–Crippen MR) is 39.8 cm³/mol. The van der Waals surface area contributed by atoms with E-state index < -0.39 is 4.92 Å². The van der Waals surface area contributed by atoms with Crippen LogP contribution in [0.25, 0.3) is 0 Å². The van der Waals surface area contributed by atoms with Crippen LogP contribution in [-0.4, -0.2) is 23.9 Å². The number of amides is 1. The van der Waals surface area contributed by atoms with Crippen molar-refractivity contribution in [2.75, 3.05) is 13.1 Å². The molecule has 0 aromatic heterocycles. The molecule has 5 heteroatoms. The van der Waals surface area contributed by atoms with E-state index in [1.165, 1.54) is 0 Å². The quantitative estimate of drug-likeness (QED) is 0.460. The van der Waals surface area contributed by atoms with Crippen LogP contribution < -0.4 is 5.32 Å². The summed E-state index contributed by atoms with van der Waals surface area (Å²) in [6.07, 6.45) is 0.831. The molecule has 0 aliphatic heterocycles. The van der Waals surface area contributed by atoms with Crippen molar-refractivity contribution in [3.8, 4) is 0 Å². The third kappa shape index (κ3) is 6.76. The summed E-state index contributed by atoms with van der Waals surface area (Å²) in [6, 6.07) is 0. The average molecular weight is 160 g/mol. The van der Waals surface area contributed by atoms with Gasteiger partial charge in [-0.1, -0.05) is 6.92 Å². The summed E-state index contributed by atoms with van der Waals surface area (Å²) in [5, 5.41) is 12.3. The molecule has 64 valence electrons. The Labute approximate surface area is 64.9 Å². The minimum Gasteiger partial charge on any atom is -0.356 e. The zero-order chi connectivity index (χ0) is 8.69. The van der Waals surface area contributed by atoms with E-state index in [0.717, 1.165) is 6.42 Å². The number of hydrogen-bond acceptors (Lipinski definition) is 3. The van der Waals surface area contributed by atoms with Crippen LogP contribution in [0.3, 0.4) is 0 Å². The number of carbonyl (C=O) groups excluding carboxylic acids is 1. The first-order valence-electron chi connectivity index (χ1n) is 3.55. The lowest BCUT2D eigenvalue weighted by Crippen LogP contribution is -2.25. The minimum absolute atomic E-state index is 0.0208. The standard InChI is InChI=1S/C6H12N2O3/c1-2-4-7-6(9)3-5-8(10)11/h2-5H2,1H3,(H,7,9). The van der Waals surface area contributed by atoms with Crippen LogP contribution in [-0.2, 0) is 4.79 Å². The van der Waals surface area contributed by atoms with E-state index in [0.29, 0.717) is 6.54 Å². The van der Waals surface area contributed by atoms with Crippen molar-refractivity contribution in [2.24, 2.45) is 0 Å². The number of rotatable bonds is 5. The lowest BCUT2D eigenvalue weighted by molar-refractivity contribution is -0.478. The Morgan fingerprint density at radius 3 is 2.73 bits per heavy atom. The van der Waals surface area contributed by atoms with E-state index >= 15 is 0 Å². The highest BCUT2D eigenvalue weighted by molar-refractivity contribution is 5.75. The molecule has 0 aliphatic carbocycles. The second kappa shape index (κ2) is 5.64. The molecule has 0 saturated carbocycles. The molecule has 0 heterocycles. The normalized spacial score (nSPS) is 9.18. The van der Waals surface area contributed by atoms with Gasteiger partial charge >= 0.3 is 0 Å². The molecule has 0 atom stereocenters. The van der Waals surface area contributed by atoms with Crippen LogP contribution >= 0.6 is 0 Å². The fraction of sp³-hybridized carbons (Fsp3) is 0.833. The highest BCUT2D eigenvalue weighted by Gasteiger charge is 2.04. The summed E-state index contributed by atoms with van der Waals surface area (Å²) in [6.45, 7) is 2.24. The number of nitrogens with one attached hydrogen (secondary N) is 1. The summed E-state index contributed by atoms with van der Waals surface area (Å²) in [5.74, 6) is -0.247. The molecule has 1 amide bonds. The molecular weight excluding hydrogens is 148 g/mol. The molecular formula is C6H12N2O3. The topological polar surface area (TPSA) is 72.2 Å². The molecule has 0 rings (SSSR count). The van der Waals surface area contributed by atoms with Crippen LogP contribution in [0.5, 0.6) is 0 Å². The van der Waals surface area contributed by atoms with Gasteiger partial charge in [-0.25, -0.2) is 0 Å². The fourth-order valence-electron chi connectivity index (χ4n) is 0.546. The molecule has 11 heavy (non-hydrogen) atoms. The average Bonchev–Trinajstić information content (AvgIpc) is 1.97. The first-order valence-corrected chi connectivity index (χ1v) is 3.55. The summed E-state index contributed by atoms with van der Waals surface area (Å²) in [7, 11) is 0. The molecule has 0 radical (unpaired) electrons. The maximum atomic E-state index is 10.7. The molecule has 0 bridgehead atoms. The smallest absolute Gasteiger partial charge is 0.226 e. The van der Waals surface area contributed by atoms with E-state index in [9.17, 15) is 14.9 Å². The second-order valence-electron chi connectivity index (χ2n) is 2.16. The molecule has 5 nitrogen and oxygen atoms in total. The molecule has 0 aromatic carbocycles. The Balaban J connectivity index is 3.30. The van der Waals surface area contributed by atoms with Crippen LogP contribution in [0.15, 0.2) is 0 Å². The van der Waals surface area contributed by atoms with Gasteiger partial charge in [0.05, 0.1) is 6.42 Å². The summed E-state index contributed by atoms with van der Waals surface area (Å²) >= 11 is 0. The maximum Gasteiger partial charge on any atom is 0.226 e. The molecule has 0 aliphatic rings. The van der Waals surface area contributed by atoms with Gasteiger partial charge in [-0.05, 0) is 6.42 Å². The Morgan fingerprint density at radius 1 is 1.64 bits per heavy atom. The van der Waals surface area contributed by atoms with Gasteiger partial charge in [-0.3, -0.25) is 14.9 Å². The molecule has 1 N–H and O–H groups in total. The summed E-state index contributed by atoms with van der Waals surface area (Å²) in [5.41, 5.74) is 0. The lowest BCUT2D eigenvalue weighted by atomic mass is 10.4. The van der Waals surface area contributed by atoms with Gasteiger partial charge in [0, 0.05) is 11.5 Å². The molecule has 0 saturated heterocycles. The minimum atomic E-state index is -0.495. The lowest BCUT2D eigenvalue weighted by Gasteiger charge is -1.98. The Bertz CT molecular complexity index is 147. The predicted octanol–water partition coefficient (Wildman–Crippen LogP) is 0.179. The van der Waals surface area contributed by atoms with Gasteiger partial charge < -0.3 is 5.32 Å². The fourth-order valence-corrected chi connectivity index (χ4v) is 0.546. The number of nitro groups is 1. The van der Waals surface area contributed by atoms with Crippen molar-refractivity contribution in [1.82, 2.24) is 5.32 Å². The highest BCUT2D eigenvalue weighted by atomic mass is 16.6. The second-order valence-corrected chi connectivity index (χ2v) is 2.16. The van der Waals surface area contributed by atoms with Crippen molar-refractivity contribution in [2.45, 2.75) is 19.8 Å². The van der Waals surface area contributed by atoms with Crippen molar-refractivity contribution < 1.29 is 9.72 Å². The molecule has 0 unspecified atom stereocenters. The van der Waals surface area contributed by atoms with Gasteiger partial charge in [-0.15, -0.1) is 0 Å².